The van der Waals surface area contributed by atoms with E-state index in [1.54, 1.807) is 24.4 Å². The van der Waals surface area contributed by atoms with E-state index in [0.29, 0.717) is 46.9 Å². The van der Waals surface area contributed by atoms with Gasteiger partial charge < -0.3 is 36.3 Å². The van der Waals surface area contributed by atoms with Gasteiger partial charge in [-0.15, -0.1) is 0 Å². The van der Waals surface area contributed by atoms with Crippen molar-refractivity contribution >= 4 is 23.4 Å². The standard InChI is InChI=1S/C23H25N3O3.C21H20ClN3O2/c1-2-28-22-14-18(15-25-12-10-17-6-4-3-5-7-17)8-9-21(22)29-20-11-13-26-16-19(20)23(24)27;22-18-12-16(13-24-10-8-15-4-2-1-3-5-15)6-7-20(18)27-19-9-11-25-14-17(19)21(23)26/h3-9,11,13-14,16,25H,2,10,12,15H2,1H3,(H2,24,27);1-7,9,11-12,14,24H,8,10,13H2,(H2,23,26). The number of carbonyl (C=O) groups is 2. The third-order valence-corrected chi connectivity index (χ3v) is 8.66. The fourth-order valence-electron chi connectivity index (χ4n) is 5.52. The summed E-state index contributed by atoms with van der Waals surface area (Å²) in [5.41, 5.74) is 15.9. The molecule has 0 aliphatic carbocycles. The normalized spacial score (nSPS) is 10.5. The number of carbonyl (C=O) groups excluding carboxylic acids is 2. The minimum atomic E-state index is -0.603. The molecule has 2 heterocycles. The third kappa shape index (κ3) is 12.7. The number of nitrogens with two attached hydrogens (primary N) is 2. The van der Waals surface area contributed by atoms with E-state index in [4.69, 9.17) is 37.3 Å². The number of hydrogen-bond acceptors (Lipinski definition) is 9. The van der Waals surface area contributed by atoms with Gasteiger partial charge in [-0.2, -0.15) is 0 Å². The number of primary amides is 2. The molecule has 0 unspecified atom stereocenters. The molecule has 4 aromatic carbocycles. The van der Waals surface area contributed by atoms with E-state index < -0.39 is 11.8 Å². The molecule has 2 amide bonds. The molecule has 0 fully saturated rings. The largest absolute Gasteiger partial charge is 0.490 e. The summed E-state index contributed by atoms with van der Waals surface area (Å²) < 4.78 is 17.4. The summed E-state index contributed by atoms with van der Waals surface area (Å²) in [5, 5.41) is 7.31. The Bertz CT molecular complexity index is 2170. The molecule has 0 bridgehead atoms. The molecular formula is C44H45ClN6O5. The highest BCUT2D eigenvalue weighted by Gasteiger charge is 2.15. The van der Waals surface area contributed by atoms with Crippen LogP contribution in [0.5, 0.6) is 28.7 Å². The Morgan fingerprint density at radius 3 is 1.55 bits per heavy atom. The van der Waals surface area contributed by atoms with Gasteiger partial charge in [-0.05, 0) is 91.5 Å². The van der Waals surface area contributed by atoms with Gasteiger partial charge in [0.2, 0.25) is 0 Å². The number of aromatic nitrogens is 2. The van der Waals surface area contributed by atoms with E-state index in [0.717, 1.165) is 43.6 Å². The van der Waals surface area contributed by atoms with Crippen molar-refractivity contribution in [3.05, 3.63) is 172 Å². The highest BCUT2D eigenvalue weighted by molar-refractivity contribution is 6.32. The second kappa shape index (κ2) is 21.6. The number of pyridine rings is 2. The van der Waals surface area contributed by atoms with Crippen LogP contribution in [0.2, 0.25) is 5.02 Å². The first-order valence-corrected chi connectivity index (χ1v) is 18.5. The van der Waals surface area contributed by atoms with Crippen molar-refractivity contribution in [3.63, 3.8) is 0 Å². The number of nitrogens with one attached hydrogen (secondary N) is 2. The molecule has 0 atom stereocenters. The summed E-state index contributed by atoms with van der Waals surface area (Å²) in [6, 6.07) is 35.2. The van der Waals surface area contributed by atoms with Crippen molar-refractivity contribution in [3.8, 4) is 28.7 Å². The molecule has 56 heavy (non-hydrogen) atoms. The Morgan fingerprint density at radius 1 is 0.589 bits per heavy atom. The second-order valence-electron chi connectivity index (χ2n) is 12.5. The molecule has 12 heteroatoms. The number of benzene rings is 4. The lowest BCUT2D eigenvalue weighted by atomic mass is 10.1. The Morgan fingerprint density at radius 2 is 1.07 bits per heavy atom. The first-order chi connectivity index (χ1) is 27.3. The highest BCUT2D eigenvalue weighted by Crippen LogP contribution is 2.34. The number of rotatable bonds is 18. The summed E-state index contributed by atoms with van der Waals surface area (Å²) in [6.45, 7) is 5.59. The predicted molar refractivity (Wildman–Crippen MR) is 218 cm³/mol. The summed E-state index contributed by atoms with van der Waals surface area (Å²) in [7, 11) is 0. The van der Waals surface area contributed by atoms with Crippen LogP contribution in [-0.2, 0) is 25.9 Å². The SMILES string of the molecule is CCOc1cc(CNCCc2ccccc2)ccc1Oc1ccncc1C(N)=O.NC(=O)c1cnccc1Oc1ccc(CNCCc2ccccc2)cc1Cl. The molecule has 288 valence electrons. The molecule has 6 aromatic rings. The van der Waals surface area contributed by atoms with E-state index in [9.17, 15) is 9.59 Å². The first kappa shape index (κ1) is 40.9. The number of hydrogen-bond donors (Lipinski definition) is 4. The molecular weight excluding hydrogens is 728 g/mol. The number of nitrogens with zero attached hydrogens (tertiary/aromatic N) is 2. The lowest BCUT2D eigenvalue weighted by molar-refractivity contribution is 0.0989. The van der Waals surface area contributed by atoms with Crippen molar-refractivity contribution in [2.45, 2.75) is 32.9 Å². The monoisotopic (exact) mass is 772 g/mol. The van der Waals surface area contributed by atoms with Crippen LogP contribution in [0.25, 0.3) is 0 Å². The van der Waals surface area contributed by atoms with Crippen LogP contribution in [0.15, 0.2) is 134 Å². The average Bonchev–Trinajstić information content (AvgIpc) is 3.21. The molecule has 6 N–H and O–H groups in total. The maximum absolute atomic E-state index is 11.6. The predicted octanol–water partition coefficient (Wildman–Crippen LogP) is 7.66. The van der Waals surface area contributed by atoms with Gasteiger partial charge >= 0.3 is 0 Å². The van der Waals surface area contributed by atoms with E-state index in [1.807, 2.05) is 61.5 Å². The minimum Gasteiger partial charge on any atom is -0.490 e. The maximum atomic E-state index is 11.6. The Labute approximate surface area is 332 Å². The first-order valence-electron chi connectivity index (χ1n) is 18.2. The fraction of sp³-hybridized carbons (Fsp3) is 0.182. The van der Waals surface area contributed by atoms with E-state index in [1.165, 1.54) is 29.7 Å². The smallest absolute Gasteiger partial charge is 0.254 e. The Kier molecular flexibility index (Phi) is 15.8. The van der Waals surface area contributed by atoms with Gasteiger partial charge in [-0.1, -0.05) is 84.4 Å². The van der Waals surface area contributed by atoms with Crippen molar-refractivity contribution in [2.24, 2.45) is 11.5 Å². The highest BCUT2D eigenvalue weighted by atomic mass is 35.5. The minimum absolute atomic E-state index is 0.209. The lowest BCUT2D eigenvalue weighted by Crippen LogP contribution is -2.16. The van der Waals surface area contributed by atoms with Gasteiger partial charge in [0, 0.05) is 37.9 Å². The molecule has 0 spiro atoms. The lowest BCUT2D eigenvalue weighted by Gasteiger charge is -2.14. The molecule has 0 saturated carbocycles. The number of halogens is 1. The zero-order valence-electron chi connectivity index (χ0n) is 31.1. The Hall–Kier alpha value is -6.27. The molecule has 6 rings (SSSR count). The zero-order valence-corrected chi connectivity index (χ0v) is 31.9. The van der Waals surface area contributed by atoms with Gasteiger partial charge in [0.05, 0.1) is 11.6 Å². The molecule has 11 nitrogen and oxygen atoms in total. The van der Waals surface area contributed by atoms with Gasteiger partial charge in [-0.3, -0.25) is 19.6 Å². The van der Waals surface area contributed by atoms with Crippen molar-refractivity contribution in [2.75, 3.05) is 19.7 Å². The van der Waals surface area contributed by atoms with Gasteiger partial charge in [0.15, 0.2) is 11.5 Å². The van der Waals surface area contributed by atoms with Crippen LogP contribution >= 0.6 is 11.6 Å². The molecule has 0 aliphatic heterocycles. The number of amides is 2. The van der Waals surface area contributed by atoms with Gasteiger partial charge in [-0.25, -0.2) is 0 Å². The average molecular weight is 773 g/mol. The summed E-state index contributed by atoms with van der Waals surface area (Å²) in [6.07, 6.45) is 7.78. The van der Waals surface area contributed by atoms with Crippen LogP contribution in [0.1, 0.15) is 49.9 Å². The van der Waals surface area contributed by atoms with Crippen molar-refractivity contribution < 1.29 is 23.8 Å². The van der Waals surface area contributed by atoms with Crippen LogP contribution < -0.4 is 36.3 Å². The third-order valence-electron chi connectivity index (χ3n) is 8.36. The van der Waals surface area contributed by atoms with E-state index >= 15 is 0 Å². The molecule has 0 radical (unpaired) electrons. The molecule has 0 saturated heterocycles. The molecule has 2 aromatic heterocycles. The zero-order chi connectivity index (χ0) is 39.5. The topological polar surface area (TPSA) is 164 Å². The van der Waals surface area contributed by atoms with Crippen LogP contribution in [0, 0.1) is 0 Å². The van der Waals surface area contributed by atoms with Gasteiger partial charge in [0.1, 0.15) is 28.4 Å². The summed E-state index contributed by atoms with van der Waals surface area (Å²) >= 11 is 6.34. The van der Waals surface area contributed by atoms with Crippen LogP contribution in [0.3, 0.4) is 0 Å². The van der Waals surface area contributed by atoms with Crippen LogP contribution in [0.4, 0.5) is 0 Å². The second-order valence-corrected chi connectivity index (χ2v) is 12.9. The van der Waals surface area contributed by atoms with Gasteiger partial charge in [0.25, 0.3) is 11.8 Å². The number of ether oxygens (including phenoxy) is 3. The fourth-order valence-corrected chi connectivity index (χ4v) is 5.76. The summed E-state index contributed by atoms with van der Waals surface area (Å²) in [4.78, 5) is 30.9. The van der Waals surface area contributed by atoms with Crippen LogP contribution in [-0.4, -0.2) is 41.5 Å². The Balaban J connectivity index is 0.000000215. The van der Waals surface area contributed by atoms with E-state index in [2.05, 4.69) is 57.0 Å². The summed E-state index contributed by atoms with van der Waals surface area (Å²) in [5.74, 6) is 1.07. The molecule has 0 aliphatic rings. The quantitative estimate of drug-likeness (QED) is 0.0643. The maximum Gasteiger partial charge on any atom is 0.254 e. The van der Waals surface area contributed by atoms with E-state index in [-0.39, 0.29) is 11.1 Å². The van der Waals surface area contributed by atoms with Crippen molar-refractivity contribution in [1.29, 1.82) is 0 Å². The van der Waals surface area contributed by atoms with Crippen molar-refractivity contribution in [1.82, 2.24) is 20.6 Å².